The summed E-state index contributed by atoms with van der Waals surface area (Å²) < 4.78 is 6.60. The van der Waals surface area contributed by atoms with E-state index in [2.05, 4.69) is 4.98 Å². The molecular weight excluding hydrogens is 589 g/mol. The molecule has 0 spiro atoms. The minimum absolute atomic E-state index is 0.0729. The fraction of sp³-hybridized carbons (Fsp3) is 0.172. The summed E-state index contributed by atoms with van der Waals surface area (Å²) in [6, 6.07) is 17.0. The molecule has 2 heterocycles. The number of aromatic nitrogens is 2. The van der Waals surface area contributed by atoms with Crippen LogP contribution < -0.4 is 10.5 Å². The molecule has 12 heteroatoms. The normalized spacial score (nSPS) is 15.0. The standard InChI is InChI=1S/C29H21Cl2N3O6S/c1-2-33-26(37)19-5-3-4-6-22(19)32-29(33)41-24-14-25(36)34(27(24)38)18-10-7-16(8-11-18)28(39)40-15-23(35)17-9-12-20(30)21(31)13-17/h3-13,24H,2,14-15H2,1H3. The number of thioether (sulfide) groups is 1. The number of ether oxygens (including phenoxy) is 1. The zero-order chi connectivity index (χ0) is 29.3. The lowest BCUT2D eigenvalue weighted by atomic mass is 10.1. The Hall–Kier alpha value is -3.99. The molecular formula is C29H21Cl2N3O6S. The van der Waals surface area contributed by atoms with Gasteiger partial charge in [0, 0.05) is 18.5 Å². The smallest absolute Gasteiger partial charge is 0.338 e. The van der Waals surface area contributed by atoms with Crippen LogP contribution in [0, 0.1) is 0 Å². The molecule has 0 radical (unpaired) electrons. The van der Waals surface area contributed by atoms with E-state index in [0.717, 1.165) is 16.7 Å². The van der Waals surface area contributed by atoms with Gasteiger partial charge in [-0.25, -0.2) is 14.7 Å². The van der Waals surface area contributed by atoms with Gasteiger partial charge in [-0.05, 0) is 61.5 Å². The Labute approximate surface area is 248 Å². The van der Waals surface area contributed by atoms with E-state index in [1.807, 2.05) is 6.92 Å². The van der Waals surface area contributed by atoms with Gasteiger partial charge in [0.1, 0.15) is 5.25 Å². The van der Waals surface area contributed by atoms with E-state index in [-0.39, 0.29) is 33.8 Å². The third-order valence-electron chi connectivity index (χ3n) is 6.43. The Morgan fingerprint density at radius 3 is 2.39 bits per heavy atom. The van der Waals surface area contributed by atoms with E-state index in [1.165, 1.54) is 47.0 Å². The van der Waals surface area contributed by atoms with Gasteiger partial charge in [0.25, 0.3) is 5.56 Å². The summed E-state index contributed by atoms with van der Waals surface area (Å²) in [4.78, 5) is 69.5. The second-order valence-corrected chi connectivity index (χ2v) is 11.0. The maximum absolute atomic E-state index is 13.3. The first-order valence-electron chi connectivity index (χ1n) is 12.5. The number of rotatable bonds is 8. The molecule has 1 saturated heterocycles. The number of hydrogen-bond acceptors (Lipinski definition) is 8. The molecule has 4 aromatic rings. The van der Waals surface area contributed by atoms with Crippen LogP contribution >= 0.6 is 35.0 Å². The number of carbonyl (C=O) groups excluding carboxylic acids is 4. The van der Waals surface area contributed by atoms with Crippen molar-refractivity contribution in [3.8, 4) is 0 Å². The van der Waals surface area contributed by atoms with E-state index in [1.54, 1.807) is 24.3 Å². The summed E-state index contributed by atoms with van der Waals surface area (Å²) in [5.74, 6) is -2.08. The number of anilines is 1. The van der Waals surface area contributed by atoms with Crippen molar-refractivity contribution >= 4 is 75.1 Å². The summed E-state index contributed by atoms with van der Waals surface area (Å²) >= 11 is 12.9. The monoisotopic (exact) mass is 609 g/mol. The molecule has 3 aromatic carbocycles. The van der Waals surface area contributed by atoms with Crippen molar-refractivity contribution in [2.75, 3.05) is 11.5 Å². The second-order valence-electron chi connectivity index (χ2n) is 9.01. The van der Waals surface area contributed by atoms with Crippen LogP contribution in [0.1, 0.15) is 34.1 Å². The first-order valence-corrected chi connectivity index (χ1v) is 14.1. The molecule has 5 rings (SSSR count). The van der Waals surface area contributed by atoms with E-state index in [9.17, 15) is 24.0 Å². The summed E-state index contributed by atoms with van der Waals surface area (Å²) in [6.45, 7) is 1.66. The van der Waals surface area contributed by atoms with Gasteiger partial charge in [0.05, 0.1) is 32.2 Å². The van der Waals surface area contributed by atoms with Crippen LogP contribution in [0.25, 0.3) is 10.9 Å². The lowest BCUT2D eigenvalue weighted by molar-refractivity contribution is -0.121. The molecule has 1 aliphatic rings. The van der Waals surface area contributed by atoms with Crippen LogP contribution in [0.2, 0.25) is 10.0 Å². The largest absolute Gasteiger partial charge is 0.454 e. The molecule has 1 fully saturated rings. The number of para-hydroxylation sites is 1. The number of hydrogen-bond donors (Lipinski definition) is 0. The molecule has 9 nitrogen and oxygen atoms in total. The van der Waals surface area contributed by atoms with Crippen molar-refractivity contribution in [2.24, 2.45) is 0 Å². The number of Topliss-reactive ketones (excluding diaryl/α,β-unsaturated/α-hetero) is 1. The maximum Gasteiger partial charge on any atom is 0.338 e. The number of ketones is 1. The number of benzene rings is 3. The first-order chi connectivity index (χ1) is 19.7. The third kappa shape index (κ3) is 5.76. The molecule has 0 saturated carbocycles. The van der Waals surface area contributed by atoms with Gasteiger partial charge in [-0.3, -0.25) is 23.7 Å². The van der Waals surface area contributed by atoms with Gasteiger partial charge in [0.2, 0.25) is 11.8 Å². The summed E-state index contributed by atoms with van der Waals surface area (Å²) in [5, 5.41) is 0.570. The van der Waals surface area contributed by atoms with Gasteiger partial charge in [0.15, 0.2) is 17.5 Å². The highest BCUT2D eigenvalue weighted by molar-refractivity contribution is 8.00. The summed E-state index contributed by atoms with van der Waals surface area (Å²) in [6.07, 6.45) is -0.0729. The minimum Gasteiger partial charge on any atom is -0.454 e. The number of imide groups is 1. The molecule has 41 heavy (non-hydrogen) atoms. The Bertz CT molecular complexity index is 1770. The molecule has 0 N–H and O–H groups in total. The van der Waals surface area contributed by atoms with Gasteiger partial charge in [-0.15, -0.1) is 0 Å². The Kier molecular flexibility index (Phi) is 8.25. The highest BCUT2D eigenvalue weighted by Crippen LogP contribution is 2.33. The molecule has 208 valence electrons. The van der Waals surface area contributed by atoms with Gasteiger partial charge < -0.3 is 4.74 Å². The quantitative estimate of drug-likeness (QED) is 0.116. The number of carbonyl (C=O) groups is 4. The van der Waals surface area contributed by atoms with Crippen molar-refractivity contribution in [3.63, 3.8) is 0 Å². The van der Waals surface area contributed by atoms with Crippen LogP contribution in [-0.2, 0) is 20.9 Å². The van der Waals surface area contributed by atoms with Gasteiger partial charge >= 0.3 is 5.97 Å². The van der Waals surface area contributed by atoms with E-state index in [4.69, 9.17) is 27.9 Å². The highest BCUT2D eigenvalue weighted by Gasteiger charge is 2.41. The summed E-state index contributed by atoms with van der Waals surface area (Å²) in [7, 11) is 0. The second kappa shape index (κ2) is 11.9. The number of halogens is 2. The van der Waals surface area contributed by atoms with Crippen molar-refractivity contribution in [2.45, 2.75) is 30.3 Å². The molecule has 1 unspecified atom stereocenters. The Morgan fingerprint density at radius 1 is 0.976 bits per heavy atom. The average Bonchev–Trinajstić information content (AvgIpc) is 3.25. The SMILES string of the molecule is CCn1c(SC2CC(=O)N(c3ccc(C(=O)OCC(=O)c4ccc(Cl)c(Cl)c4)cc3)C2=O)nc2ccccc2c1=O. The fourth-order valence-corrected chi connectivity index (χ4v) is 5.80. The van der Waals surface area contributed by atoms with Gasteiger partial charge in [-0.1, -0.05) is 47.1 Å². The van der Waals surface area contributed by atoms with Crippen molar-refractivity contribution < 1.29 is 23.9 Å². The van der Waals surface area contributed by atoms with Crippen molar-refractivity contribution in [3.05, 3.63) is 98.3 Å². The Morgan fingerprint density at radius 2 is 1.68 bits per heavy atom. The molecule has 2 amide bonds. The zero-order valence-electron chi connectivity index (χ0n) is 21.5. The Balaban J connectivity index is 1.27. The molecule has 1 aromatic heterocycles. The van der Waals surface area contributed by atoms with Crippen LogP contribution in [0.15, 0.2) is 76.7 Å². The van der Waals surface area contributed by atoms with Crippen LogP contribution in [-0.4, -0.2) is 45.0 Å². The van der Waals surface area contributed by atoms with Crippen molar-refractivity contribution in [1.82, 2.24) is 9.55 Å². The molecule has 1 atom stereocenters. The van der Waals surface area contributed by atoms with E-state index >= 15 is 0 Å². The molecule has 0 aliphatic carbocycles. The zero-order valence-corrected chi connectivity index (χ0v) is 23.8. The number of fused-ring (bicyclic) bond motifs is 1. The molecule has 1 aliphatic heterocycles. The van der Waals surface area contributed by atoms with Crippen molar-refractivity contribution in [1.29, 1.82) is 0 Å². The van der Waals surface area contributed by atoms with Gasteiger partial charge in [-0.2, -0.15) is 0 Å². The minimum atomic E-state index is -0.773. The number of nitrogens with zero attached hydrogens (tertiary/aromatic N) is 3. The number of esters is 1. The van der Waals surface area contributed by atoms with Crippen LogP contribution in [0.5, 0.6) is 0 Å². The predicted octanol–water partition coefficient (Wildman–Crippen LogP) is 5.19. The highest BCUT2D eigenvalue weighted by atomic mass is 35.5. The predicted molar refractivity (Wildman–Crippen MR) is 156 cm³/mol. The van der Waals surface area contributed by atoms with Crippen LogP contribution in [0.3, 0.4) is 0 Å². The lowest BCUT2D eigenvalue weighted by Gasteiger charge is -2.16. The molecule has 0 bridgehead atoms. The van der Waals surface area contributed by atoms with E-state index in [0.29, 0.717) is 27.6 Å². The first kappa shape index (κ1) is 28.5. The summed E-state index contributed by atoms with van der Waals surface area (Å²) in [5.41, 5.74) is 0.963. The topological polar surface area (TPSA) is 116 Å². The number of amides is 2. The third-order valence-corrected chi connectivity index (χ3v) is 8.35. The maximum atomic E-state index is 13.3. The lowest BCUT2D eigenvalue weighted by Crippen LogP contribution is -2.31. The fourth-order valence-electron chi connectivity index (χ4n) is 4.33. The van der Waals surface area contributed by atoms with E-state index < -0.39 is 35.4 Å². The van der Waals surface area contributed by atoms with Crippen LogP contribution in [0.4, 0.5) is 5.69 Å². The average molecular weight is 610 g/mol.